The van der Waals surface area contributed by atoms with Gasteiger partial charge in [0.15, 0.2) is 11.5 Å². The maximum Gasteiger partial charge on any atom is 0.262 e. The lowest BCUT2D eigenvalue weighted by molar-refractivity contribution is -0.123. The number of methoxy groups -OCH3 is 2. The number of carbonyl (C=O) groups excluding carboxylic acids is 2. The Balaban J connectivity index is 1.64. The van der Waals surface area contributed by atoms with Crippen LogP contribution in [0.5, 0.6) is 17.2 Å². The molecular weight excluding hydrogens is 574 g/mol. The molecule has 0 aliphatic rings. The molecule has 0 saturated carbocycles. The number of carbonyl (C=O) groups is 2. The summed E-state index contributed by atoms with van der Waals surface area (Å²) in [5.41, 5.74) is 4.54. The van der Waals surface area contributed by atoms with Crippen LogP contribution in [0.15, 0.2) is 70.2 Å². The summed E-state index contributed by atoms with van der Waals surface area (Å²) in [4.78, 5) is 25.5. The lowest BCUT2D eigenvalue weighted by Crippen LogP contribution is -2.48. The number of rotatable bonds is 11. The second kappa shape index (κ2) is 13.8. The molecule has 3 aromatic carbocycles. The van der Waals surface area contributed by atoms with Crippen LogP contribution in [-0.2, 0) is 11.4 Å². The van der Waals surface area contributed by atoms with Crippen molar-refractivity contribution >= 4 is 45.6 Å². The summed E-state index contributed by atoms with van der Waals surface area (Å²) < 4.78 is 17.2. The molecule has 0 heterocycles. The van der Waals surface area contributed by atoms with Crippen LogP contribution < -0.4 is 25.0 Å². The van der Waals surface area contributed by atoms with E-state index in [2.05, 4.69) is 31.8 Å². The molecule has 0 spiro atoms. The van der Waals surface area contributed by atoms with Crippen molar-refractivity contribution in [2.24, 2.45) is 11.0 Å². The molecule has 10 heteroatoms. The summed E-state index contributed by atoms with van der Waals surface area (Å²) in [7, 11) is 3.09. The number of amides is 2. The van der Waals surface area contributed by atoms with E-state index in [0.29, 0.717) is 44.5 Å². The van der Waals surface area contributed by atoms with Gasteiger partial charge in [-0.1, -0.05) is 37.6 Å². The molecule has 8 nitrogen and oxygen atoms in total. The maximum atomic E-state index is 12.8. The minimum Gasteiger partial charge on any atom is -0.497 e. The van der Waals surface area contributed by atoms with Gasteiger partial charge in [0.2, 0.25) is 0 Å². The number of nitrogens with zero attached hydrogens (tertiary/aromatic N) is 1. The van der Waals surface area contributed by atoms with Crippen LogP contribution in [0.25, 0.3) is 0 Å². The Bertz CT molecular complexity index is 1280. The van der Waals surface area contributed by atoms with Crippen molar-refractivity contribution in [1.29, 1.82) is 0 Å². The van der Waals surface area contributed by atoms with E-state index in [1.165, 1.54) is 6.21 Å². The number of benzene rings is 3. The molecule has 38 heavy (non-hydrogen) atoms. The van der Waals surface area contributed by atoms with Gasteiger partial charge in [0.1, 0.15) is 18.4 Å². The molecule has 1 atom stereocenters. The van der Waals surface area contributed by atoms with E-state index < -0.39 is 11.9 Å². The normalized spacial score (nSPS) is 11.8. The SMILES string of the molecule is COc1ccc(C(=O)NC(C(=O)NN=Cc2cc(Br)c(OCc3ccc(Cl)cc3)c(OC)c2)C(C)C)cc1. The highest BCUT2D eigenvalue weighted by molar-refractivity contribution is 9.10. The van der Waals surface area contributed by atoms with Gasteiger partial charge >= 0.3 is 0 Å². The molecule has 0 fully saturated rings. The first-order valence-corrected chi connectivity index (χ1v) is 12.9. The molecule has 3 aromatic rings. The van der Waals surface area contributed by atoms with Gasteiger partial charge in [0.25, 0.3) is 11.8 Å². The fourth-order valence-electron chi connectivity index (χ4n) is 3.43. The van der Waals surface area contributed by atoms with E-state index in [1.54, 1.807) is 62.8 Å². The lowest BCUT2D eigenvalue weighted by atomic mass is 10.0. The zero-order valence-corrected chi connectivity index (χ0v) is 23.8. The highest BCUT2D eigenvalue weighted by atomic mass is 79.9. The van der Waals surface area contributed by atoms with Gasteiger partial charge in [-0.3, -0.25) is 9.59 Å². The Morgan fingerprint density at radius 1 is 1.03 bits per heavy atom. The van der Waals surface area contributed by atoms with Crippen molar-refractivity contribution < 1.29 is 23.8 Å². The number of nitrogens with one attached hydrogen (secondary N) is 2. The van der Waals surface area contributed by atoms with E-state index in [1.807, 2.05) is 26.0 Å². The summed E-state index contributed by atoms with van der Waals surface area (Å²) in [5, 5.41) is 7.50. The minimum atomic E-state index is -0.785. The summed E-state index contributed by atoms with van der Waals surface area (Å²) >= 11 is 9.46. The van der Waals surface area contributed by atoms with Crippen LogP contribution in [0.3, 0.4) is 0 Å². The van der Waals surface area contributed by atoms with Crippen LogP contribution >= 0.6 is 27.5 Å². The van der Waals surface area contributed by atoms with Crippen molar-refractivity contribution in [3.63, 3.8) is 0 Å². The summed E-state index contributed by atoms with van der Waals surface area (Å²) in [6.45, 7) is 4.01. The number of hydrogen-bond acceptors (Lipinski definition) is 6. The number of ether oxygens (including phenoxy) is 3. The van der Waals surface area contributed by atoms with Crippen molar-refractivity contribution in [2.75, 3.05) is 14.2 Å². The summed E-state index contributed by atoms with van der Waals surface area (Å²) in [5.74, 6) is 0.690. The Morgan fingerprint density at radius 3 is 2.32 bits per heavy atom. The predicted octanol–water partition coefficient (Wildman–Crippen LogP) is 5.60. The summed E-state index contributed by atoms with van der Waals surface area (Å²) in [6, 6.07) is 16.8. The minimum absolute atomic E-state index is 0.168. The smallest absolute Gasteiger partial charge is 0.262 e. The van der Waals surface area contributed by atoms with E-state index in [9.17, 15) is 9.59 Å². The third-order valence-corrected chi connectivity index (χ3v) is 6.37. The van der Waals surface area contributed by atoms with E-state index in [4.69, 9.17) is 25.8 Å². The van der Waals surface area contributed by atoms with Gasteiger partial charge in [0.05, 0.1) is 24.9 Å². The summed E-state index contributed by atoms with van der Waals surface area (Å²) in [6.07, 6.45) is 1.48. The van der Waals surface area contributed by atoms with Crippen molar-refractivity contribution in [3.05, 3.63) is 86.8 Å². The van der Waals surface area contributed by atoms with E-state index >= 15 is 0 Å². The van der Waals surface area contributed by atoms with Crippen molar-refractivity contribution in [3.8, 4) is 17.2 Å². The van der Waals surface area contributed by atoms with Gasteiger partial charge in [-0.25, -0.2) is 5.43 Å². The zero-order chi connectivity index (χ0) is 27.7. The third-order valence-electron chi connectivity index (χ3n) is 5.52. The Morgan fingerprint density at radius 2 is 1.71 bits per heavy atom. The second-order valence-electron chi connectivity index (χ2n) is 8.61. The van der Waals surface area contributed by atoms with Crippen molar-refractivity contribution in [2.45, 2.75) is 26.5 Å². The van der Waals surface area contributed by atoms with Crippen LogP contribution in [0.2, 0.25) is 5.02 Å². The highest BCUT2D eigenvalue weighted by Crippen LogP contribution is 2.37. The average molecular weight is 603 g/mol. The molecule has 0 bridgehead atoms. The lowest BCUT2D eigenvalue weighted by Gasteiger charge is -2.20. The van der Waals surface area contributed by atoms with Gasteiger partial charge in [-0.15, -0.1) is 0 Å². The topological polar surface area (TPSA) is 98.2 Å². The van der Waals surface area contributed by atoms with E-state index in [0.717, 1.165) is 5.56 Å². The first-order chi connectivity index (χ1) is 18.2. The second-order valence-corrected chi connectivity index (χ2v) is 9.90. The Hall–Kier alpha value is -3.56. The molecule has 2 N–H and O–H groups in total. The molecule has 0 radical (unpaired) electrons. The van der Waals surface area contributed by atoms with Crippen LogP contribution in [-0.4, -0.2) is 38.3 Å². The molecule has 0 aromatic heterocycles. The Labute approximate surface area is 235 Å². The monoisotopic (exact) mass is 601 g/mol. The fourth-order valence-corrected chi connectivity index (χ4v) is 4.13. The van der Waals surface area contributed by atoms with Crippen LogP contribution in [0.4, 0.5) is 0 Å². The fraction of sp³-hybridized carbons (Fsp3) is 0.250. The van der Waals surface area contributed by atoms with Gasteiger partial charge in [-0.05, 0) is 81.5 Å². The number of hydrazone groups is 1. The van der Waals surface area contributed by atoms with E-state index in [-0.39, 0.29) is 11.8 Å². The Kier molecular flexibility index (Phi) is 10.6. The maximum absolute atomic E-state index is 12.8. The molecule has 2 amide bonds. The average Bonchev–Trinajstić information content (AvgIpc) is 2.91. The van der Waals surface area contributed by atoms with Gasteiger partial charge in [-0.2, -0.15) is 5.10 Å². The molecule has 0 saturated heterocycles. The zero-order valence-electron chi connectivity index (χ0n) is 21.5. The predicted molar refractivity (Wildman–Crippen MR) is 151 cm³/mol. The standard InChI is InChI=1S/C28H29BrClN3O5/c1-17(2)25(32-27(34)20-7-11-22(36-3)12-8-20)28(35)33-31-15-19-13-23(29)26(24(14-19)37-4)38-16-18-5-9-21(30)10-6-18/h5-15,17,25H,16H2,1-4H3,(H,32,34)(H,33,35). The van der Waals surface area contributed by atoms with Gasteiger partial charge < -0.3 is 19.5 Å². The third kappa shape index (κ3) is 7.97. The molecule has 1 unspecified atom stereocenters. The first-order valence-electron chi connectivity index (χ1n) is 11.7. The number of hydrogen-bond donors (Lipinski definition) is 2. The first kappa shape index (κ1) is 29.0. The molecule has 3 rings (SSSR count). The van der Waals surface area contributed by atoms with Gasteiger partial charge in [0, 0.05) is 10.6 Å². The largest absolute Gasteiger partial charge is 0.497 e. The quantitative estimate of drug-likeness (QED) is 0.220. The van der Waals surface area contributed by atoms with Crippen LogP contribution in [0, 0.1) is 5.92 Å². The highest BCUT2D eigenvalue weighted by Gasteiger charge is 2.24. The molecule has 0 aliphatic heterocycles. The molecule has 200 valence electrons. The molecule has 0 aliphatic carbocycles. The van der Waals surface area contributed by atoms with Crippen LogP contribution in [0.1, 0.15) is 35.3 Å². The number of halogens is 2. The molecular formula is C28H29BrClN3O5. The van der Waals surface area contributed by atoms with Crippen molar-refractivity contribution in [1.82, 2.24) is 10.7 Å².